The Morgan fingerprint density at radius 3 is 2.39 bits per heavy atom. The minimum absolute atomic E-state index is 0.0463. The minimum Gasteiger partial charge on any atom is -0.323 e. The van der Waals surface area contributed by atoms with Gasteiger partial charge in [-0.25, -0.2) is 0 Å². The van der Waals surface area contributed by atoms with Crippen LogP contribution in [-0.2, 0) is 0 Å². The molecule has 2 unspecified atom stereocenters. The van der Waals surface area contributed by atoms with Gasteiger partial charge in [-0.15, -0.1) is 11.3 Å². The van der Waals surface area contributed by atoms with Gasteiger partial charge >= 0.3 is 0 Å². The van der Waals surface area contributed by atoms with E-state index in [2.05, 4.69) is 69.1 Å². The Bertz CT molecular complexity index is 490. The zero-order chi connectivity index (χ0) is 13.1. The molecule has 1 heterocycles. The van der Waals surface area contributed by atoms with Crippen molar-refractivity contribution in [2.45, 2.75) is 25.3 Å². The fraction of sp³-hybridized carbons (Fsp3) is 0.286. The zero-order valence-corrected chi connectivity index (χ0v) is 14.1. The van der Waals surface area contributed by atoms with Gasteiger partial charge in [0.2, 0.25) is 0 Å². The SMILES string of the molecule is CCC(c1ccccc1)C(N)c1cc(Br)c(Br)s1. The smallest absolute Gasteiger partial charge is 0.0843 e. The van der Waals surface area contributed by atoms with Gasteiger partial charge in [-0.1, -0.05) is 37.3 Å². The highest BCUT2D eigenvalue weighted by Crippen LogP contribution is 2.40. The second kappa shape index (κ2) is 6.33. The van der Waals surface area contributed by atoms with E-state index in [1.807, 2.05) is 6.07 Å². The van der Waals surface area contributed by atoms with Crippen LogP contribution in [0.15, 0.2) is 44.7 Å². The van der Waals surface area contributed by atoms with Crippen LogP contribution < -0.4 is 5.73 Å². The maximum atomic E-state index is 6.43. The first kappa shape index (κ1) is 14.3. The van der Waals surface area contributed by atoms with Crippen molar-refractivity contribution in [3.63, 3.8) is 0 Å². The largest absolute Gasteiger partial charge is 0.323 e. The Morgan fingerprint density at radius 1 is 1.22 bits per heavy atom. The second-order valence-electron chi connectivity index (χ2n) is 4.22. The monoisotopic (exact) mass is 387 g/mol. The highest BCUT2D eigenvalue weighted by molar-refractivity contribution is 9.13. The van der Waals surface area contributed by atoms with Gasteiger partial charge in [0.25, 0.3) is 0 Å². The Hall–Kier alpha value is -0.160. The lowest BCUT2D eigenvalue weighted by Crippen LogP contribution is -2.18. The summed E-state index contributed by atoms with van der Waals surface area (Å²) in [5.41, 5.74) is 7.75. The highest BCUT2D eigenvalue weighted by atomic mass is 79.9. The summed E-state index contributed by atoms with van der Waals surface area (Å²) >= 11 is 8.75. The molecule has 4 heteroatoms. The van der Waals surface area contributed by atoms with E-state index in [0.717, 1.165) is 14.7 Å². The molecule has 0 saturated carbocycles. The first-order chi connectivity index (χ1) is 8.63. The van der Waals surface area contributed by atoms with Crippen LogP contribution in [-0.4, -0.2) is 0 Å². The van der Waals surface area contributed by atoms with Crippen molar-refractivity contribution in [3.05, 3.63) is 55.1 Å². The number of thiophene rings is 1. The maximum Gasteiger partial charge on any atom is 0.0843 e. The van der Waals surface area contributed by atoms with Crippen LogP contribution in [0.4, 0.5) is 0 Å². The van der Waals surface area contributed by atoms with Crippen LogP contribution in [0.3, 0.4) is 0 Å². The van der Waals surface area contributed by atoms with Gasteiger partial charge in [-0.05, 0) is 49.9 Å². The summed E-state index contributed by atoms with van der Waals surface area (Å²) in [5, 5.41) is 0. The van der Waals surface area contributed by atoms with Gasteiger partial charge in [-0.3, -0.25) is 0 Å². The molecule has 2 rings (SSSR count). The fourth-order valence-electron chi connectivity index (χ4n) is 2.12. The van der Waals surface area contributed by atoms with E-state index in [9.17, 15) is 0 Å². The summed E-state index contributed by atoms with van der Waals surface area (Å²) in [6.07, 6.45) is 1.04. The van der Waals surface area contributed by atoms with E-state index in [1.165, 1.54) is 10.4 Å². The Balaban J connectivity index is 2.28. The third-order valence-electron chi connectivity index (χ3n) is 3.09. The number of hydrogen-bond acceptors (Lipinski definition) is 2. The molecule has 0 amide bonds. The topological polar surface area (TPSA) is 26.0 Å². The average molecular weight is 389 g/mol. The molecule has 1 aromatic carbocycles. The third-order valence-corrected chi connectivity index (χ3v) is 6.45. The van der Waals surface area contributed by atoms with E-state index in [-0.39, 0.29) is 6.04 Å². The number of nitrogens with two attached hydrogens (primary N) is 1. The van der Waals surface area contributed by atoms with E-state index in [0.29, 0.717) is 5.92 Å². The molecule has 2 atom stereocenters. The third kappa shape index (κ3) is 3.05. The first-order valence-electron chi connectivity index (χ1n) is 5.88. The number of hydrogen-bond donors (Lipinski definition) is 1. The highest BCUT2D eigenvalue weighted by Gasteiger charge is 2.22. The molecule has 0 aliphatic rings. The zero-order valence-electron chi connectivity index (χ0n) is 10.1. The van der Waals surface area contributed by atoms with Crippen molar-refractivity contribution < 1.29 is 0 Å². The van der Waals surface area contributed by atoms with Gasteiger partial charge in [0.05, 0.1) is 3.79 Å². The molecule has 0 aliphatic heterocycles. The van der Waals surface area contributed by atoms with Crippen LogP contribution in [0.2, 0.25) is 0 Å². The summed E-state index contributed by atoms with van der Waals surface area (Å²) in [5.74, 6) is 0.364. The van der Waals surface area contributed by atoms with Gasteiger partial charge in [0, 0.05) is 21.3 Å². The molecule has 18 heavy (non-hydrogen) atoms. The van der Waals surface area contributed by atoms with Crippen LogP contribution in [0.5, 0.6) is 0 Å². The van der Waals surface area contributed by atoms with Crippen molar-refractivity contribution in [1.82, 2.24) is 0 Å². The summed E-state index contributed by atoms with van der Waals surface area (Å²) in [7, 11) is 0. The summed E-state index contributed by atoms with van der Waals surface area (Å²) < 4.78 is 2.19. The Labute approximate surface area is 129 Å². The van der Waals surface area contributed by atoms with Crippen molar-refractivity contribution >= 4 is 43.2 Å². The van der Waals surface area contributed by atoms with Crippen molar-refractivity contribution in [2.75, 3.05) is 0 Å². The maximum absolute atomic E-state index is 6.43. The average Bonchev–Trinajstić information content (AvgIpc) is 2.72. The number of halogens is 2. The molecule has 0 saturated heterocycles. The number of rotatable bonds is 4. The molecule has 96 valence electrons. The van der Waals surface area contributed by atoms with E-state index in [1.54, 1.807) is 11.3 Å². The van der Waals surface area contributed by atoms with E-state index in [4.69, 9.17) is 5.73 Å². The van der Waals surface area contributed by atoms with Gasteiger partial charge in [-0.2, -0.15) is 0 Å². The van der Waals surface area contributed by atoms with Gasteiger partial charge in [0.1, 0.15) is 0 Å². The van der Waals surface area contributed by atoms with Gasteiger partial charge < -0.3 is 5.73 Å². The number of benzene rings is 1. The predicted octanol–water partition coefficient (Wildman–Crippen LogP) is 5.47. The molecule has 2 aromatic rings. The molecular formula is C14H15Br2NS. The molecule has 0 radical (unpaired) electrons. The van der Waals surface area contributed by atoms with Crippen molar-refractivity contribution in [1.29, 1.82) is 0 Å². The van der Waals surface area contributed by atoms with Crippen LogP contribution in [0.25, 0.3) is 0 Å². The van der Waals surface area contributed by atoms with Crippen molar-refractivity contribution in [3.8, 4) is 0 Å². The predicted molar refractivity (Wildman–Crippen MR) is 86.1 cm³/mol. The Morgan fingerprint density at radius 2 is 1.89 bits per heavy atom. The van der Waals surface area contributed by atoms with Crippen LogP contribution in [0, 0.1) is 0 Å². The molecule has 0 bridgehead atoms. The van der Waals surface area contributed by atoms with Crippen molar-refractivity contribution in [2.24, 2.45) is 5.73 Å². The molecular weight excluding hydrogens is 374 g/mol. The fourth-order valence-corrected chi connectivity index (χ4v) is 4.28. The first-order valence-corrected chi connectivity index (χ1v) is 8.29. The minimum atomic E-state index is 0.0463. The van der Waals surface area contributed by atoms with E-state index < -0.39 is 0 Å². The lowest BCUT2D eigenvalue weighted by molar-refractivity contribution is 0.546. The van der Waals surface area contributed by atoms with Crippen LogP contribution in [0.1, 0.15) is 35.7 Å². The molecule has 0 aliphatic carbocycles. The molecule has 1 aromatic heterocycles. The summed E-state index contributed by atoms with van der Waals surface area (Å²) in [6, 6.07) is 12.7. The Kier molecular flexibility index (Phi) is 5.01. The summed E-state index contributed by atoms with van der Waals surface area (Å²) in [4.78, 5) is 1.21. The van der Waals surface area contributed by atoms with Crippen LogP contribution >= 0.6 is 43.2 Å². The lowest BCUT2D eigenvalue weighted by atomic mass is 9.89. The summed E-state index contributed by atoms with van der Waals surface area (Å²) in [6.45, 7) is 2.19. The molecule has 0 spiro atoms. The van der Waals surface area contributed by atoms with E-state index >= 15 is 0 Å². The standard InChI is InChI=1S/C14H15Br2NS/c1-2-10(9-6-4-3-5-7-9)13(17)12-8-11(15)14(16)18-12/h3-8,10,13H,2,17H2,1H3. The quantitative estimate of drug-likeness (QED) is 0.738. The molecule has 1 nitrogen and oxygen atoms in total. The van der Waals surface area contributed by atoms with Gasteiger partial charge in [0.15, 0.2) is 0 Å². The lowest BCUT2D eigenvalue weighted by Gasteiger charge is -2.22. The molecule has 2 N–H and O–H groups in total. The molecule has 0 fully saturated rings. The normalized spacial score (nSPS) is 14.4. The second-order valence-corrected chi connectivity index (χ2v) is 7.48.